The van der Waals surface area contributed by atoms with E-state index in [1.165, 1.54) is 0 Å². The maximum absolute atomic E-state index is 11.0. The summed E-state index contributed by atoms with van der Waals surface area (Å²) >= 11 is 0. The highest BCUT2D eigenvalue weighted by Gasteiger charge is 2.33. The maximum Gasteiger partial charge on any atom is 0.320 e. The summed E-state index contributed by atoms with van der Waals surface area (Å²) in [6.45, 7) is 0. The van der Waals surface area contributed by atoms with Crippen LogP contribution < -0.4 is 11.1 Å². The summed E-state index contributed by atoms with van der Waals surface area (Å²) in [5.74, 6) is -2.54. The van der Waals surface area contributed by atoms with Gasteiger partial charge in [0.25, 0.3) is 0 Å². The maximum atomic E-state index is 11.0. The van der Waals surface area contributed by atoms with E-state index in [1.807, 2.05) is 0 Å². The zero-order valence-corrected chi connectivity index (χ0v) is 6.82. The van der Waals surface area contributed by atoms with Crippen LogP contribution in [0.3, 0.4) is 0 Å². The molecule has 2 atom stereocenters. The van der Waals surface area contributed by atoms with Gasteiger partial charge in [-0.2, -0.15) is 0 Å². The van der Waals surface area contributed by atoms with Crippen LogP contribution in [0, 0.1) is 5.92 Å². The molecule has 4 N–H and O–H groups in total. The Balaban J connectivity index is 2.50. The lowest BCUT2D eigenvalue weighted by Gasteiger charge is -2.08. The van der Waals surface area contributed by atoms with Crippen LogP contribution in [-0.2, 0) is 14.4 Å². The van der Waals surface area contributed by atoms with E-state index in [1.54, 1.807) is 0 Å². The van der Waals surface area contributed by atoms with Gasteiger partial charge in [0.05, 0.1) is 0 Å². The average molecular weight is 186 g/mol. The molecule has 6 heteroatoms. The molecule has 0 aromatic heterocycles. The molecule has 0 unspecified atom stereocenters. The van der Waals surface area contributed by atoms with Crippen LogP contribution in [-0.4, -0.2) is 28.9 Å². The van der Waals surface area contributed by atoms with Gasteiger partial charge < -0.3 is 10.8 Å². The third-order valence-corrected chi connectivity index (χ3v) is 1.92. The van der Waals surface area contributed by atoms with Gasteiger partial charge in [-0.05, 0) is 6.42 Å². The first-order chi connectivity index (χ1) is 6.00. The number of hydrogen-bond acceptors (Lipinski definition) is 4. The number of carboxylic acids is 1. The monoisotopic (exact) mass is 186 g/mol. The number of carbonyl (C=O) groups excluding carboxylic acids is 2. The molecule has 1 saturated heterocycles. The fraction of sp³-hybridized carbons (Fsp3) is 0.571. The highest BCUT2D eigenvalue weighted by atomic mass is 16.4. The van der Waals surface area contributed by atoms with Crippen LogP contribution in [0.15, 0.2) is 0 Å². The summed E-state index contributed by atoms with van der Waals surface area (Å²) in [7, 11) is 0. The van der Waals surface area contributed by atoms with E-state index in [0.29, 0.717) is 0 Å². The molecular formula is C7H10N2O4. The standard InChI is InChI=1S/C7H10N2O4/c8-4(7(12)13)1-3-2-5(10)9-6(3)11/h3-4H,1-2,8H2,(H,12,13)(H,9,10,11)/t3-,4-/m0/s1. The molecule has 0 aromatic rings. The Hall–Kier alpha value is -1.43. The largest absolute Gasteiger partial charge is 0.480 e. The van der Waals surface area contributed by atoms with Gasteiger partial charge >= 0.3 is 5.97 Å². The van der Waals surface area contributed by atoms with Gasteiger partial charge in [0.2, 0.25) is 11.8 Å². The number of amides is 2. The first kappa shape index (κ1) is 9.66. The third kappa shape index (κ3) is 2.25. The molecule has 1 fully saturated rings. The van der Waals surface area contributed by atoms with Crippen molar-refractivity contribution in [3.63, 3.8) is 0 Å². The molecule has 13 heavy (non-hydrogen) atoms. The number of aliphatic carboxylic acids is 1. The van der Waals surface area contributed by atoms with Crippen LogP contribution >= 0.6 is 0 Å². The predicted molar refractivity (Wildman–Crippen MR) is 41.5 cm³/mol. The van der Waals surface area contributed by atoms with Crippen molar-refractivity contribution in [2.45, 2.75) is 18.9 Å². The predicted octanol–water partition coefficient (Wildman–Crippen LogP) is -1.55. The fourth-order valence-corrected chi connectivity index (χ4v) is 1.20. The van der Waals surface area contributed by atoms with Crippen molar-refractivity contribution in [3.8, 4) is 0 Å². The van der Waals surface area contributed by atoms with E-state index in [9.17, 15) is 14.4 Å². The van der Waals surface area contributed by atoms with Gasteiger partial charge in [-0.15, -0.1) is 0 Å². The molecular weight excluding hydrogens is 176 g/mol. The van der Waals surface area contributed by atoms with Crippen molar-refractivity contribution in [1.82, 2.24) is 5.32 Å². The topological polar surface area (TPSA) is 109 Å². The van der Waals surface area contributed by atoms with Crippen molar-refractivity contribution >= 4 is 17.8 Å². The van der Waals surface area contributed by atoms with Gasteiger partial charge in [0.1, 0.15) is 6.04 Å². The van der Waals surface area contributed by atoms with Gasteiger partial charge in [0.15, 0.2) is 0 Å². The molecule has 0 saturated carbocycles. The lowest BCUT2D eigenvalue weighted by atomic mass is 9.99. The summed E-state index contributed by atoms with van der Waals surface area (Å²) in [4.78, 5) is 32.0. The number of nitrogens with one attached hydrogen (secondary N) is 1. The Morgan fingerprint density at radius 1 is 1.69 bits per heavy atom. The van der Waals surface area contributed by atoms with E-state index < -0.39 is 23.8 Å². The number of carbonyl (C=O) groups is 3. The van der Waals surface area contributed by atoms with Gasteiger partial charge in [-0.1, -0.05) is 0 Å². The Kier molecular flexibility index (Phi) is 2.62. The van der Waals surface area contributed by atoms with Crippen molar-refractivity contribution in [3.05, 3.63) is 0 Å². The van der Waals surface area contributed by atoms with E-state index in [4.69, 9.17) is 10.8 Å². The summed E-state index contributed by atoms with van der Waals surface area (Å²) in [5.41, 5.74) is 5.21. The smallest absolute Gasteiger partial charge is 0.320 e. The Morgan fingerprint density at radius 2 is 2.31 bits per heavy atom. The summed E-state index contributed by atoms with van der Waals surface area (Å²) in [5, 5.41) is 10.5. The van der Waals surface area contributed by atoms with E-state index in [0.717, 1.165) is 0 Å². The lowest BCUT2D eigenvalue weighted by Crippen LogP contribution is -2.34. The van der Waals surface area contributed by atoms with E-state index >= 15 is 0 Å². The van der Waals surface area contributed by atoms with Crippen LogP contribution in [0.1, 0.15) is 12.8 Å². The molecule has 0 radical (unpaired) electrons. The molecule has 1 aliphatic heterocycles. The minimum atomic E-state index is -1.16. The van der Waals surface area contributed by atoms with E-state index in [2.05, 4.69) is 5.32 Å². The summed E-state index contributed by atoms with van der Waals surface area (Å²) < 4.78 is 0. The highest BCUT2D eigenvalue weighted by Crippen LogP contribution is 2.16. The van der Waals surface area contributed by atoms with Crippen LogP contribution in [0.4, 0.5) is 0 Å². The minimum Gasteiger partial charge on any atom is -0.480 e. The van der Waals surface area contributed by atoms with Crippen molar-refractivity contribution < 1.29 is 19.5 Å². The van der Waals surface area contributed by atoms with Gasteiger partial charge in [0, 0.05) is 12.3 Å². The minimum absolute atomic E-state index is 0.00685. The van der Waals surface area contributed by atoms with Crippen molar-refractivity contribution in [2.24, 2.45) is 11.7 Å². The molecule has 1 aliphatic rings. The zero-order chi connectivity index (χ0) is 10.0. The molecule has 1 heterocycles. The van der Waals surface area contributed by atoms with Crippen molar-refractivity contribution in [1.29, 1.82) is 0 Å². The Labute approximate surface area is 74.1 Å². The first-order valence-electron chi connectivity index (χ1n) is 3.82. The highest BCUT2D eigenvalue weighted by molar-refractivity contribution is 6.03. The number of imide groups is 1. The normalized spacial score (nSPS) is 24.2. The SMILES string of the molecule is N[C@@H](C[C@H]1CC(=O)NC1=O)C(=O)O. The van der Waals surface area contributed by atoms with Crippen LogP contribution in [0.5, 0.6) is 0 Å². The molecule has 0 bridgehead atoms. The molecule has 0 aromatic carbocycles. The molecule has 0 aliphatic carbocycles. The number of nitrogens with two attached hydrogens (primary N) is 1. The van der Waals surface area contributed by atoms with Gasteiger partial charge in [-0.25, -0.2) is 0 Å². The van der Waals surface area contributed by atoms with Gasteiger partial charge in [-0.3, -0.25) is 19.7 Å². The Bertz CT molecular complexity index is 263. The fourth-order valence-electron chi connectivity index (χ4n) is 1.20. The van der Waals surface area contributed by atoms with Crippen LogP contribution in [0.25, 0.3) is 0 Å². The summed E-state index contributed by atoms with van der Waals surface area (Å²) in [6.07, 6.45) is 0.0483. The molecule has 6 nitrogen and oxygen atoms in total. The number of rotatable bonds is 3. The lowest BCUT2D eigenvalue weighted by molar-refractivity contribution is -0.139. The molecule has 72 valence electrons. The average Bonchev–Trinajstić information content (AvgIpc) is 2.30. The number of hydrogen-bond donors (Lipinski definition) is 3. The van der Waals surface area contributed by atoms with E-state index in [-0.39, 0.29) is 18.7 Å². The summed E-state index contributed by atoms with van der Waals surface area (Å²) in [6, 6.07) is -1.08. The van der Waals surface area contributed by atoms with Crippen LogP contribution in [0.2, 0.25) is 0 Å². The Morgan fingerprint density at radius 3 is 2.69 bits per heavy atom. The zero-order valence-electron chi connectivity index (χ0n) is 6.82. The molecule has 2 amide bonds. The second-order valence-electron chi connectivity index (χ2n) is 2.99. The first-order valence-corrected chi connectivity index (χ1v) is 3.82. The molecule has 1 rings (SSSR count). The van der Waals surface area contributed by atoms with Crippen molar-refractivity contribution in [2.75, 3.05) is 0 Å². The number of carboxylic acid groups (broad SMARTS) is 1. The molecule has 0 spiro atoms. The quantitative estimate of drug-likeness (QED) is 0.462. The third-order valence-electron chi connectivity index (χ3n) is 1.92. The second kappa shape index (κ2) is 3.53. The second-order valence-corrected chi connectivity index (χ2v) is 2.99.